The second kappa shape index (κ2) is 5.45. The highest BCUT2D eigenvalue weighted by atomic mass is 32.1. The van der Waals surface area contributed by atoms with E-state index in [0.29, 0.717) is 6.04 Å². The van der Waals surface area contributed by atoms with E-state index in [4.69, 9.17) is 4.74 Å². The fourth-order valence-corrected chi connectivity index (χ4v) is 3.37. The predicted molar refractivity (Wildman–Crippen MR) is 76.2 cm³/mol. The van der Waals surface area contributed by atoms with Gasteiger partial charge in [-0.2, -0.15) is 0 Å². The molecule has 0 unspecified atom stereocenters. The maximum Gasteiger partial charge on any atom is 0.139 e. The third kappa shape index (κ3) is 2.59. The molecular weight excluding hydrogens is 258 g/mol. The summed E-state index contributed by atoms with van der Waals surface area (Å²) in [6, 6.07) is 2.52. The van der Waals surface area contributed by atoms with Crippen molar-refractivity contribution in [1.82, 2.24) is 14.9 Å². The maximum atomic E-state index is 5.85. The highest BCUT2D eigenvalue weighted by Crippen LogP contribution is 2.28. The summed E-state index contributed by atoms with van der Waals surface area (Å²) in [7, 11) is 2.02. The molecule has 0 amide bonds. The molecule has 2 atom stereocenters. The van der Waals surface area contributed by atoms with Gasteiger partial charge in [0.05, 0.1) is 0 Å². The van der Waals surface area contributed by atoms with Crippen molar-refractivity contribution in [3.05, 3.63) is 40.1 Å². The summed E-state index contributed by atoms with van der Waals surface area (Å²) in [6.07, 6.45) is 4.91. The van der Waals surface area contributed by atoms with Gasteiger partial charge in [-0.25, -0.2) is 4.98 Å². The summed E-state index contributed by atoms with van der Waals surface area (Å²) in [6.45, 7) is 3.88. The van der Waals surface area contributed by atoms with Gasteiger partial charge in [-0.3, -0.25) is 0 Å². The van der Waals surface area contributed by atoms with Crippen LogP contribution in [0.5, 0.6) is 0 Å². The fraction of sp³-hybridized carbons (Fsp3) is 0.500. The molecule has 2 aromatic heterocycles. The first-order chi connectivity index (χ1) is 9.25. The Morgan fingerprint density at radius 3 is 3.16 bits per heavy atom. The van der Waals surface area contributed by atoms with Crippen LogP contribution in [0.2, 0.25) is 0 Å². The summed E-state index contributed by atoms with van der Waals surface area (Å²) < 4.78 is 7.89. The van der Waals surface area contributed by atoms with Gasteiger partial charge in [-0.1, -0.05) is 0 Å². The minimum absolute atomic E-state index is 0.0697. The lowest BCUT2D eigenvalue weighted by Gasteiger charge is -2.19. The maximum absolute atomic E-state index is 5.85. The van der Waals surface area contributed by atoms with E-state index < -0.39 is 0 Å². The van der Waals surface area contributed by atoms with E-state index in [1.165, 1.54) is 10.4 Å². The van der Waals surface area contributed by atoms with Crippen LogP contribution in [0.4, 0.5) is 0 Å². The molecule has 1 aliphatic rings. The molecule has 1 N–H and O–H groups in total. The van der Waals surface area contributed by atoms with Gasteiger partial charge >= 0.3 is 0 Å². The number of thiophene rings is 1. The van der Waals surface area contributed by atoms with Crippen LogP contribution in [-0.4, -0.2) is 22.2 Å². The monoisotopic (exact) mass is 277 g/mol. The third-order valence-corrected chi connectivity index (χ3v) is 4.72. The zero-order chi connectivity index (χ0) is 13.2. The first kappa shape index (κ1) is 12.8. The van der Waals surface area contributed by atoms with Crippen LogP contribution < -0.4 is 5.32 Å². The Balaban J connectivity index is 1.67. The zero-order valence-electron chi connectivity index (χ0n) is 11.3. The lowest BCUT2D eigenvalue weighted by molar-refractivity contribution is 0.0893. The quantitative estimate of drug-likeness (QED) is 0.933. The van der Waals surface area contributed by atoms with E-state index in [1.807, 2.05) is 35.3 Å². The Morgan fingerprint density at radius 1 is 1.58 bits per heavy atom. The number of nitrogens with one attached hydrogen (secondary N) is 1. The molecule has 2 aromatic rings. The van der Waals surface area contributed by atoms with Crippen LogP contribution >= 0.6 is 11.3 Å². The molecule has 3 rings (SSSR count). The number of rotatable bonds is 4. The topological polar surface area (TPSA) is 39.1 Å². The first-order valence-corrected chi connectivity index (χ1v) is 7.49. The summed E-state index contributed by atoms with van der Waals surface area (Å²) >= 11 is 1.81. The minimum atomic E-state index is 0.0697. The molecule has 5 heteroatoms. The van der Waals surface area contributed by atoms with Crippen molar-refractivity contribution in [2.75, 3.05) is 6.61 Å². The van der Waals surface area contributed by atoms with Gasteiger partial charge in [0.15, 0.2) is 0 Å². The van der Waals surface area contributed by atoms with Crippen molar-refractivity contribution in [3.63, 3.8) is 0 Å². The van der Waals surface area contributed by atoms with Crippen LogP contribution in [0.1, 0.15) is 28.8 Å². The standard InChI is InChI=1S/C14H19N3OS/c1-10-4-8-19-12(10)9-16-11-3-7-18-13(11)14-15-5-6-17(14)2/h4-6,8,11,13,16H,3,7,9H2,1-2H3/t11-,13-/m0/s1. The van der Waals surface area contributed by atoms with E-state index >= 15 is 0 Å². The lowest BCUT2D eigenvalue weighted by atomic mass is 10.1. The molecule has 1 saturated heterocycles. The Bertz CT molecular complexity index is 548. The van der Waals surface area contributed by atoms with Gasteiger partial charge < -0.3 is 14.6 Å². The third-order valence-electron chi connectivity index (χ3n) is 3.70. The molecule has 0 spiro atoms. The van der Waals surface area contributed by atoms with E-state index in [9.17, 15) is 0 Å². The Hall–Kier alpha value is -1.17. The van der Waals surface area contributed by atoms with E-state index in [-0.39, 0.29) is 6.10 Å². The van der Waals surface area contributed by atoms with E-state index in [1.54, 1.807) is 0 Å². The summed E-state index contributed by atoms with van der Waals surface area (Å²) in [5.74, 6) is 1.01. The highest BCUT2D eigenvalue weighted by molar-refractivity contribution is 7.10. The zero-order valence-corrected chi connectivity index (χ0v) is 12.1. The highest BCUT2D eigenvalue weighted by Gasteiger charge is 2.32. The second-order valence-corrected chi connectivity index (χ2v) is 5.99. The number of nitrogens with zero attached hydrogens (tertiary/aromatic N) is 2. The van der Waals surface area contributed by atoms with Crippen molar-refractivity contribution in [2.24, 2.45) is 7.05 Å². The van der Waals surface area contributed by atoms with Crippen LogP contribution in [0.15, 0.2) is 23.8 Å². The normalized spacial score (nSPS) is 23.1. The van der Waals surface area contributed by atoms with E-state index in [0.717, 1.165) is 25.4 Å². The number of aromatic nitrogens is 2. The largest absolute Gasteiger partial charge is 0.369 e. The molecule has 1 aliphatic heterocycles. The Labute approximate surface area is 117 Å². The predicted octanol–water partition coefficient (Wildman–Crippen LogP) is 2.41. The van der Waals surface area contributed by atoms with Crippen molar-refractivity contribution >= 4 is 11.3 Å². The number of imidazole rings is 1. The molecule has 0 radical (unpaired) electrons. The first-order valence-electron chi connectivity index (χ1n) is 6.61. The van der Waals surface area contributed by atoms with Gasteiger partial charge in [0.2, 0.25) is 0 Å². The average Bonchev–Trinajstić information content (AvgIpc) is 3.08. The molecule has 0 aliphatic carbocycles. The Morgan fingerprint density at radius 2 is 2.47 bits per heavy atom. The molecule has 0 bridgehead atoms. The summed E-state index contributed by atoms with van der Waals surface area (Å²) in [5.41, 5.74) is 1.37. The van der Waals surface area contributed by atoms with Crippen molar-refractivity contribution < 1.29 is 4.74 Å². The Kier molecular flexibility index (Phi) is 3.68. The second-order valence-electron chi connectivity index (χ2n) is 4.99. The van der Waals surface area contributed by atoms with Crippen LogP contribution in [-0.2, 0) is 18.3 Å². The summed E-state index contributed by atoms with van der Waals surface area (Å²) in [4.78, 5) is 5.82. The smallest absolute Gasteiger partial charge is 0.139 e. The fourth-order valence-electron chi connectivity index (χ4n) is 2.51. The van der Waals surface area contributed by atoms with Crippen molar-refractivity contribution in [3.8, 4) is 0 Å². The molecule has 3 heterocycles. The van der Waals surface area contributed by atoms with Crippen molar-refractivity contribution in [1.29, 1.82) is 0 Å². The SMILES string of the molecule is Cc1ccsc1CN[C@H]1CCO[C@@H]1c1nccn1C. The van der Waals surface area contributed by atoms with Crippen LogP contribution in [0.3, 0.4) is 0 Å². The van der Waals surface area contributed by atoms with Gasteiger partial charge in [0, 0.05) is 43.5 Å². The van der Waals surface area contributed by atoms with Gasteiger partial charge in [-0.15, -0.1) is 11.3 Å². The number of ether oxygens (including phenoxy) is 1. The molecule has 1 fully saturated rings. The van der Waals surface area contributed by atoms with E-state index in [2.05, 4.69) is 28.7 Å². The summed E-state index contributed by atoms with van der Waals surface area (Å²) in [5, 5.41) is 5.77. The lowest BCUT2D eigenvalue weighted by Crippen LogP contribution is -2.32. The number of hydrogen-bond donors (Lipinski definition) is 1. The average molecular weight is 277 g/mol. The molecule has 0 aromatic carbocycles. The number of hydrogen-bond acceptors (Lipinski definition) is 4. The molecular formula is C14H19N3OS. The van der Waals surface area contributed by atoms with Gasteiger partial charge in [-0.05, 0) is 30.4 Å². The number of aryl methyl sites for hydroxylation is 2. The minimum Gasteiger partial charge on any atom is -0.369 e. The molecule has 19 heavy (non-hydrogen) atoms. The molecule has 0 saturated carbocycles. The van der Waals surface area contributed by atoms with Gasteiger partial charge in [0.1, 0.15) is 11.9 Å². The van der Waals surface area contributed by atoms with Crippen LogP contribution in [0, 0.1) is 6.92 Å². The molecule has 102 valence electrons. The van der Waals surface area contributed by atoms with Gasteiger partial charge in [0.25, 0.3) is 0 Å². The molecule has 4 nitrogen and oxygen atoms in total. The van der Waals surface area contributed by atoms with Crippen molar-refractivity contribution in [2.45, 2.75) is 32.0 Å². The van der Waals surface area contributed by atoms with Crippen LogP contribution in [0.25, 0.3) is 0 Å².